The predicted molar refractivity (Wildman–Crippen MR) is 77.0 cm³/mol. The van der Waals surface area contributed by atoms with Crippen molar-refractivity contribution < 1.29 is 0 Å². The highest BCUT2D eigenvalue weighted by atomic mass is 15.3. The quantitative estimate of drug-likeness (QED) is 0.795. The zero-order valence-electron chi connectivity index (χ0n) is 12.5. The average molecular weight is 265 g/mol. The zero-order chi connectivity index (χ0) is 13.7. The van der Waals surface area contributed by atoms with Gasteiger partial charge in [0.1, 0.15) is 12.2 Å². The SMILES string of the molecule is CC(C)n1ncnc1CNCCC1CCN(C)CC1. The van der Waals surface area contributed by atoms with Crippen LogP contribution < -0.4 is 5.32 Å². The van der Waals surface area contributed by atoms with Crippen molar-refractivity contribution in [3.05, 3.63) is 12.2 Å². The number of nitrogens with zero attached hydrogens (tertiary/aromatic N) is 4. The van der Waals surface area contributed by atoms with E-state index in [0.29, 0.717) is 6.04 Å². The number of piperidine rings is 1. The van der Waals surface area contributed by atoms with Gasteiger partial charge in [-0.15, -0.1) is 0 Å². The molecule has 1 N–H and O–H groups in total. The second kappa shape index (κ2) is 7.01. The van der Waals surface area contributed by atoms with Gasteiger partial charge in [-0.25, -0.2) is 9.67 Å². The summed E-state index contributed by atoms with van der Waals surface area (Å²) >= 11 is 0. The molecule has 0 spiro atoms. The Hall–Kier alpha value is -0.940. The lowest BCUT2D eigenvalue weighted by Gasteiger charge is -2.28. The maximum Gasteiger partial charge on any atom is 0.141 e. The fourth-order valence-corrected chi connectivity index (χ4v) is 2.69. The number of aromatic nitrogens is 3. The van der Waals surface area contributed by atoms with E-state index in [4.69, 9.17) is 0 Å². The molecule has 0 aromatic carbocycles. The first-order valence-corrected chi connectivity index (χ1v) is 7.44. The maximum absolute atomic E-state index is 4.31. The van der Waals surface area contributed by atoms with Crippen molar-refractivity contribution in [2.75, 3.05) is 26.7 Å². The Kier molecular flexibility index (Phi) is 5.34. The smallest absolute Gasteiger partial charge is 0.141 e. The third-order valence-electron chi connectivity index (χ3n) is 3.99. The Morgan fingerprint density at radius 2 is 2.11 bits per heavy atom. The van der Waals surface area contributed by atoms with Gasteiger partial charge in [0.05, 0.1) is 6.54 Å². The van der Waals surface area contributed by atoms with Gasteiger partial charge in [-0.2, -0.15) is 5.10 Å². The van der Waals surface area contributed by atoms with Gasteiger partial charge in [-0.05, 0) is 65.7 Å². The first kappa shape index (κ1) is 14.5. The van der Waals surface area contributed by atoms with Crippen LogP contribution >= 0.6 is 0 Å². The molecule has 0 aliphatic carbocycles. The molecule has 1 aliphatic rings. The third kappa shape index (κ3) is 4.28. The standard InChI is InChI=1S/C14H27N5/c1-12(2)19-14(16-11-17-19)10-15-7-4-13-5-8-18(3)9-6-13/h11-13,15H,4-10H2,1-3H3. The Labute approximate surface area is 116 Å². The minimum atomic E-state index is 0.383. The number of nitrogens with one attached hydrogen (secondary N) is 1. The van der Waals surface area contributed by atoms with E-state index in [0.717, 1.165) is 24.8 Å². The van der Waals surface area contributed by atoms with Crippen LogP contribution in [0, 0.1) is 5.92 Å². The van der Waals surface area contributed by atoms with Crippen LogP contribution in [0.4, 0.5) is 0 Å². The normalized spacial score (nSPS) is 18.3. The van der Waals surface area contributed by atoms with Gasteiger partial charge in [0.15, 0.2) is 0 Å². The summed E-state index contributed by atoms with van der Waals surface area (Å²) in [6.45, 7) is 8.69. The van der Waals surface area contributed by atoms with Gasteiger partial charge >= 0.3 is 0 Å². The van der Waals surface area contributed by atoms with Gasteiger partial charge < -0.3 is 10.2 Å². The van der Waals surface area contributed by atoms with Crippen LogP contribution in [0.3, 0.4) is 0 Å². The zero-order valence-corrected chi connectivity index (χ0v) is 12.5. The fraction of sp³-hybridized carbons (Fsp3) is 0.857. The lowest BCUT2D eigenvalue weighted by Crippen LogP contribution is -2.31. The van der Waals surface area contributed by atoms with Crippen LogP contribution in [0.15, 0.2) is 6.33 Å². The molecule has 108 valence electrons. The van der Waals surface area contributed by atoms with E-state index in [-0.39, 0.29) is 0 Å². The fourth-order valence-electron chi connectivity index (χ4n) is 2.69. The van der Waals surface area contributed by atoms with Crippen molar-refractivity contribution in [3.8, 4) is 0 Å². The van der Waals surface area contributed by atoms with E-state index in [1.807, 2.05) is 4.68 Å². The predicted octanol–water partition coefficient (Wildman–Crippen LogP) is 1.68. The molecular formula is C14H27N5. The minimum absolute atomic E-state index is 0.383. The van der Waals surface area contributed by atoms with Gasteiger partial charge in [0, 0.05) is 6.04 Å². The number of hydrogen-bond donors (Lipinski definition) is 1. The summed E-state index contributed by atoms with van der Waals surface area (Å²) in [7, 11) is 2.22. The second-order valence-corrected chi connectivity index (χ2v) is 5.93. The summed E-state index contributed by atoms with van der Waals surface area (Å²) in [5.41, 5.74) is 0. The summed E-state index contributed by atoms with van der Waals surface area (Å²) in [6.07, 6.45) is 5.62. The van der Waals surface area contributed by atoms with Crippen LogP contribution in [0.5, 0.6) is 0 Å². The molecule has 5 nitrogen and oxygen atoms in total. The van der Waals surface area contributed by atoms with E-state index < -0.39 is 0 Å². The van der Waals surface area contributed by atoms with E-state index >= 15 is 0 Å². The highest BCUT2D eigenvalue weighted by Crippen LogP contribution is 2.18. The summed E-state index contributed by atoms with van der Waals surface area (Å²) in [6, 6.07) is 0.383. The minimum Gasteiger partial charge on any atom is -0.310 e. The van der Waals surface area contributed by atoms with Gasteiger partial charge in [-0.1, -0.05) is 0 Å². The van der Waals surface area contributed by atoms with Crippen LogP contribution in [0.2, 0.25) is 0 Å². The molecule has 2 heterocycles. The van der Waals surface area contributed by atoms with Crippen molar-refractivity contribution in [2.24, 2.45) is 5.92 Å². The number of hydrogen-bond acceptors (Lipinski definition) is 4. The molecule has 1 aliphatic heterocycles. The summed E-state index contributed by atoms with van der Waals surface area (Å²) in [5, 5.41) is 7.76. The highest BCUT2D eigenvalue weighted by Gasteiger charge is 2.16. The first-order chi connectivity index (χ1) is 9.16. The van der Waals surface area contributed by atoms with Crippen LogP contribution in [-0.2, 0) is 6.54 Å². The molecule has 0 bridgehead atoms. The van der Waals surface area contributed by atoms with Crippen LogP contribution in [0.1, 0.15) is 45.0 Å². The Morgan fingerprint density at radius 1 is 1.37 bits per heavy atom. The molecule has 0 atom stereocenters. The van der Waals surface area contributed by atoms with E-state index in [2.05, 4.69) is 41.2 Å². The molecule has 0 radical (unpaired) electrons. The van der Waals surface area contributed by atoms with Crippen LogP contribution in [0.25, 0.3) is 0 Å². The Bertz CT molecular complexity index is 366. The van der Waals surface area contributed by atoms with Crippen molar-refractivity contribution in [1.29, 1.82) is 0 Å². The van der Waals surface area contributed by atoms with Crippen molar-refractivity contribution >= 4 is 0 Å². The number of likely N-dealkylation sites (tertiary alicyclic amines) is 1. The van der Waals surface area contributed by atoms with E-state index in [1.165, 1.54) is 32.4 Å². The van der Waals surface area contributed by atoms with Crippen molar-refractivity contribution in [1.82, 2.24) is 25.0 Å². The third-order valence-corrected chi connectivity index (χ3v) is 3.99. The summed E-state index contributed by atoms with van der Waals surface area (Å²) in [4.78, 5) is 6.74. The lowest BCUT2D eigenvalue weighted by molar-refractivity contribution is 0.211. The highest BCUT2D eigenvalue weighted by molar-refractivity contribution is 4.85. The number of rotatable bonds is 6. The molecule has 0 saturated carbocycles. The van der Waals surface area contributed by atoms with Crippen LogP contribution in [-0.4, -0.2) is 46.3 Å². The Balaban J connectivity index is 1.65. The molecule has 2 rings (SSSR count). The molecule has 0 amide bonds. The van der Waals surface area contributed by atoms with E-state index in [1.54, 1.807) is 6.33 Å². The van der Waals surface area contributed by atoms with Gasteiger partial charge in [0.25, 0.3) is 0 Å². The molecular weight excluding hydrogens is 238 g/mol. The van der Waals surface area contributed by atoms with Crippen molar-refractivity contribution in [2.45, 2.75) is 45.7 Å². The molecule has 5 heteroatoms. The topological polar surface area (TPSA) is 46.0 Å². The van der Waals surface area contributed by atoms with Crippen molar-refractivity contribution in [3.63, 3.8) is 0 Å². The second-order valence-electron chi connectivity index (χ2n) is 5.93. The molecule has 1 saturated heterocycles. The summed E-state index contributed by atoms with van der Waals surface area (Å²) in [5.74, 6) is 1.94. The first-order valence-electron chi connectivity index (χ1n) is 7.44. The largest absolute Gasteiger partial charge is 0.310 e. The molecule has 19 heavy (non-hydrogen) atoms. The van der Waals surface area contributed by atoms with E-state index in [9.17, 15) is 0 Å². The molecule has 0 unspecified atom stereocenters. The van der Waals surface area contributed by atoms with Gasteiger partial charge in [-0.3, -0.25) is 0 Å². The lowest BCUT2D eigenvalue weighted by atomic mass is 9.94. The molecule has 1 aromatic heterocycles. The molecule has 1 fully saturated rings. The summed E-state index contributed by atoms with van der Waals surface area (Å²) < 4.78 is 1.99. The monoisotopic (exact) mass is 265 g/mol. The average Bonchev–Trinajstić information content (AvgIpc) is 2.85. The van der Waals surface area contributed by atoms with Gasteiger partial charge in [0.2, 0.25) is 0 Å². The maximum atomic E-state index is 4.31. The Morgan fingerprint density at radius 3 is 2.79 bits per heavy atom. The molecule has 1 aromatic rings.